The van der Waals surface area contributed by atoms with Crippen LogP contribution in [0.25, 0.3) is 11.0 Å². The molecular formula is C18H20F2N6O. The van der Waals surface area contributed by atoms with E-state index in [1.807, 2.05) is 9.47 Å². The average Bonchev–Trinajstić information content (AvgIpc) is 3.02. The van der Waals surface area contributed by atoms with Crippen molar-refractivity contribution < 1.29 is 13.5 Å². The molecule has 7 nitrogen and oxygen atoms in total. The molecule has 3 heterocycles. The van der Waals surface area contributed by atoms with Crippen molar-refractivity contribution in [1.29, 1.82) is 0 Å². The molecule has 142 valence electrons. The van der Waals surface area contributed by atoms with Crippen LogP contribution in [0.3, 0.4) is 0 Å². The van der Waals surface area contributed by atoms with Crippen LogP contribution in [-0.2, 0) is 6.54 Å². The van der Waals surface area contributed by atoms with Gasteiger partial charge < -0.3 is 19.9 Å². The van der Waals surface area contributed by atoms with Gasteiger partial charge in [-0.1, -0.05) is 0 Å². The van der Waals surface area contributed by atoms with Gasteiger partial charge in [0.05, 0.1) is 43.1 Å². The Morgan fingerprint density at radius 1 is 1.30 bits per heavy atom. The third-order valence-electron chi connectivity index (χ3n) is 4.76. The highest BCUT2D eigenvalue weighted by Gasteiger charge is 2.29. The van der Waals surface area contributed by atoms with E-state index in [2.05, 4.69) is 15.0 Å². The van der Waals surface area contributed by atoms with Crippen LogP contribution in [-0.4, -0.2) is 51.9 Å². The van der Waals surface area contributed by atoms with Crippen LogP contribution in [0.1, 0.15) is 12.2 Å². The standard InChI is InChI=1S/C18H20F2N6O/c1-27-12-7-22-17(23-8-12)10-26-16-6-11(19)2-3-15(16)24-18(26)25-5-4-13(20)14(21)9-25/h2-3,6-8,13-14H,4-5,9-10,21H2,1H3/t13?,14-/m1/s1. The molecular weight excluding hydrogens is 354 g/mol. The molecule has 0 bridgehead atoms. The number of aromatic nitrogens is 4. The second kappa shape index (κ2) is 7.07. The van der Waals surface area contributed by atoms with Crippen molar-refractivity contribution in [3.8, 4) is 5.75 Å². The van der Waals surface area contributed by atoms with Gasteiger partial charge in [0.15, 0.2) is 5.75 Å². The Hall–Kier alpha value is -2.81. The van der Waals surface area contributed by atoms with E-state index in [4.69, 9.17) is 10.5 Å². The molecule has 2 atom stereocenters. The molecule has 2 N–H and O–H groups in total. The van der Waals surface area contributed by atoms with Gasteiger partial charge in [-0.05, 0) is 24.6 Å². The number of fused-ring (bicyclic) bond motifs is 1. The van der Waals surface area contributed by atoms with Gasteiger partial charge in [-0.15, -0.1) is 0 Å². The number of benzene rings is 1. The Bertz CT molecular complexity index is 945. The fourth-order valence-electron chi connectivity index (χ4n) is 3.29. The molecule has 1 unspecified atom stereocenters. The SMILES string of the molecule is COc1cnc(Cn2c(N3CCC(F)[C@H](N)C3)nc3ccc(F)cc32)nc1. The summed E-state index contributed by atoms with van der Waals surface area (Å²) >= 11 is 0. The average molecular weight is 374 g/mol. The number of anilines is 1. The number of alkyl halides is 1. The molecule has 27 heavy (non-hydrogen) atoms. The van der Waals surface area contributed by atoms with E-state index in [1.165, 1.54) is 12.1 Å². The number of hydrogen-bond acceptors (Lipinski definition) is 6. The highest BCUT2D eigenvalue weighted by atomic mass is 19.1. The first-order valence-corrected chi connectivity index (χ1v) is 8.70. The topological polar surface area (TPSA) is 82.1 Å². The predicted octanol–water partition coefficient (Wildman–Crippen LogP) is 1.90. The van der Waals surface area contributed by atoms with Gasteiger partial charge in [0.2, 0.25) is 5.95 Å². The fraction of sp³-hybridized carbons (Fsp3) is 0.389. The Kier molecular flexibility index (Phi) is 4.61. The number of nitrogens with two attached hydrogens (primary N) is 1. The van der Waals surface area contributed by atoms with Crippen molar-refractivity contribution in [1.82, 2.24) is 19.5 Å². The molecule has 9 heteroatoms. The van der Waals surface area contributed by atoms with E-state index in [9.17, 15) is 8.78 Å². The van der Waals surface area contributed by atoms with Crippen LogP contribution in [0.2, 0.25) is 0 Å². The van der Waals surface area contributed by atoms with E-state index >= 15 is 0 Å². The number of imidazole rings is 1. The third kappa shape index (κ3) is 3.42. The molecule has 0 amide bonds. The summed E-state index contributed by atoms with van der Waals surface area (Å²) in [5, 5.41) is 0. The van der Waals surface area contributed by atoms with Crippen molar-refractivity contribution in [2.75, 3.05) is 25.1 Å². The summed E-state index contributed by atoms with van der Waals surface area (Å²) in [5.41, 5.74) is 7.18. The Labute approximate surface area is 154 Å². The number of nitrogens with zero attached hydrogens (tertiary/aromatic N) is 5. The van der Waals surface area contributed by atoms with E-state index in [-0.39, 0.29) is 5.82 Å². The first-order chi connectivity index (χ1) is 13.0. The van der Waals surface area contributed by atoms with Crippen LogP contribution < -0.4 is 15.4 Å². The van der Waals surface area contributed by atoms with Crippen molar-refractivity contribution >= 4 is 17.0 Å². The first kappa shape index (κ1) is 17.6. The molecule has 1 saturated heterocycles. The highest BCUT2D eigenvalue weighted by molar-refractivity contribution is 5.79. The van der Waals surface area contributed by atoms with Crippen LogP contribution in [0, 0.1) is 5.82 Å². The predicted molar refractivity (Wildman–Crippen MR) is 97.1 cm³/mol. The maximum Gasteiger partial charge on any atom is 0.207 e. The van der Waals surface area contributed by atoms with Crippen LogP contribution in [0.5, 0.6) is 5.75 Å². The van der Waals surface area contributed by atoms with Gasteiger partial charge in [-0.25, -0.2) is 23.7 Å². The lowest BCUT2D eigenvalue weighted by Crippen LogP contribution is -2.50. The Balaban J connectivity index is 1.74. The van der Waals surface area contributed by atoms with Gasteiger partial charge in [-0.3, -0.25) is 0 Å². The van der Waals surface area contributed by atoms with E-state index in [0.29, 0.717) is 54.6 Å². The summed E-state index contributed by atoms with van der Waals surface area (Å²) in [6, 6.07) is 3.84. The highest BCUT2D eigenvalue weighted by Crippen LogP contribution is 2.27. The van der Waals surface area contributed by atoms with E-state index in [0.717, 1.165) is 0 Å². The second-order valence-corrected chi connectivity index (χ2v) is 6.58. The minimum Gasteiger partial charge on any atom is -0.494 e. The van der Waals surface area contributed by atoms with Gasteiger partial charge >= 0.3 is 0 Å². The summed E-state index contributed by atoms with van der Waals surface area (Å²) in [6.45, 7) is 1.13. The molecule has 0 saturated carbocycles. The zero-order chi connectivity index (χ0) is 19.0. The summed E-state index contributed by atoms with van der Waals surface area (Å²) in [5.74, 6) is 1.34. The third-order valence-corrected chi connectivity index (χ3v) is 4.76. The van der Waals surface area contributed by atoms with Crippen LogP contribution >= 0.6 is 0 Å². The molecule has 0 spiro atoms. The molecule has 1 aliphatic rings. The largest absolute Gasteiger partial charge is 0.494 e. The maximum absolute atomic E-state index is 13.8. The van der Waals surface area contributed by atoms with Gasteiger partial charge in [0.25, 0.3) is 0 Å². The lowest BCUT2D eigenvalue weighted by atomic mass is 10.1. The summed E-state index contributed by atoms with van der Waals surface area (Å²) in [4.78, 5) is 15.1. The fourth-order valence-corrected chi connectivity index (χ4v) is 3.29. The van der Waals surface area contributed by atoms with Crippen molar-refractivity contribution in [2.24, 2.45) is 5.73 Å². The number of ether oxygens (including phenoxy) is 1. The van der Waals surface area contributed by atoms with E-state index in [1.54, 1.807) is 25.6 Å². The van der Waals surface area contributed by atoms with Gasteiger partial charge in [0, 0.05) is 13.1 Å². The van der Waals surface area contributed by atoms with Crippen molar-refractivity contribution in [3.63, 3.8) is 0 Å². The molecule has 1 aliphatic heterocycles. The monoisotopic (exact) mass is 374 g/mol. The maximum atomic E-state index is 13.8. The van der Waals surface area contributed by atoms with Crippen molar-refractivity contribution in [3.05, 3.63) is 42.2 Å². The molecule has 0 radical (unpaired) electrons. The Morgan fingerprint density at radius 3 is 2.78 bits per heavy atom. The second-order valence-electron chi connectivity index (χ2n) is 6.58. The number of piperidine rings is 1. The number of hydrogen-bond donors (Lipinski definition) is 1. The number of methoxy groups -OCH3 is 1. The van der Waals surface area contributed by atoms with Crippen LogP contribution in [0.4, 0.5) is 14.7 Å². The van der Waals surface area contributed by atoms with E-state index < -0.39 is 12.2 Å². The van der Waals surface area contributed by atoms with Gasteiger partial charge in [0.1, 0.15) is 17.8 Å². The van der Waals surface area contributed by atoms with Crippen LogP contribution in [0.15, 0.2) is 30.6 Å². The zero-order valence-corrected chi connectivity index (χ0v) is 14.8. The Morgan fingerprint density at radius 2 is 2.07 bits per heavy atom. The number of rotatable bonds is 4. The quantitative estimate of drug-likeness (QED) is 0.751. The molecule has 0 aliphatic carbocycles. The van der Waals surface area contributed by atoms with Gasteiger partial charge in [-0.2, -0.15) is 0 Å². The smallest absolute Gasteiger partial charge is 0.207 e. The molecule has 3 aromatic rings. The minimum absolute atomic E-state index is 0.296. The summed E-state index contributed by atoms with van der Waals surface area (Å²) in [6.07, 6.45) is 2.46. The molecule has 2 aromatic heterocycles. The normalized spacial score (nSPS) is 20.2. The lowest BCUT2D eigenvalue weighted by Gasteiger charge is -2.34. The zero-order valence-electron chi connectivity index (χ0n) is 14.8. The first-order valence-electron chi connectivity index (χ1n) is 8.70. The minimum atomic E-state index is -1.03. The number of halogens is 2. The lowest BCUT2D eigenvalue weighted by molar-refractivity contribution is 0.243. The van der Waals surface area contributed by atoms with Crippen molar-refractivity contribution in [2.45, 2.75) is 25.2 Å². The molecule has 1 aromatic carbocycles. The molecule has 1 fully saturated rings. The summed E-state index contributed by atoms with van der Waals surface area (Å²) < 4.78 is 34.5. The molecule has 4 rings (SSSR count). The summed E-state index contributed by atoms with van der Waals surface area (Å²) in [7, 11) is 1.54.